The van der Waals surface area contributed by atoms with E-state index in [1.54, 1.807) is 13.0 Å². The van der Waals surface area contributed by atoms with Gasteiger partial charge in [-0.2, -0.15) is 5.10 Å². The van der Waals surface area contributed by atoms with Crippen molar-refractivity contribution in [2.24, 2.45) is 5.10 Å². The predicted molar refractivity (Wildman–Crippen MR) is 97.4 cm³/mol. The Hall–Kier alpha value is -2.20. The van der Waals surface area contributed by atoms with Crippen molar-refractivity contribution in [3.05, 3.63) is 29.6 Å². The molecule has 0 radical (unpaired) electrons. The van der Waals surface area contributed by atoms with E-state index in [0.29, 0.717) is 28.8 Å². The monoisotopic (exact) mass is 382 g/mol. The summed E-state index contributed by atoms with van der Waals surface area (Å²) < 4.78 is 19.7. The number of thioether (sulfide) groups is 1. The number of hydrogen-bond acceptors (Lipinski definition) is 6. The lowest BCUT2D eigenvalue weighted by Crippen LogP contribution is -2.32. The van der Waals surface area contributed by atoms with E-state index in [0.717, 1.165) is 11.8 Å². The molecule has 1 saturated heterocycles. The summed E-state index contributed by atoms with van der Waals surface area (Å²) in [5.41, 5.74) is 3.00. The van der Waals surface area contributed by atoms with Gasteiger partial charge in [0.15, 0.2) is 0 Å². The summed E-state index contributed by atoms with van der Waals surface area (Å²) in [6, 6.07) is 4.42. The van der Waals surface area contributed by atoms with Gasteiger partial charge in [0.2, 0.25) is 0 Å². The van der Waals surface area contributed by atoms with Crippen molar-refractivity contribution in [3.63, 3.8) is 0 Å². The molecule has 1 aromatic rings. The number of carbonyl (C=O) groups excluding carboxylic acids is 2. The standard InChI is InChI=1S/C15H15FN4O3S2/c1-8(24)17-5-10-6-20(15(22)23-10)9-2-3-11(12(16)4-9)14-19-18-13(21)7-25-14/h2-4,10H,5-7H2,1H3,(H,17,24)(H,18,21)/t10-/m0/s1. The van der Waals surface area contributed by atoms with Gasteiger partial charge in [-0.25, -0.2) is 14.6 Å². The highest BCUT2D eigenvalue weighted by molar-refractivity contribution is 8.15. The van der Waals surface area contributed by atoms with Crippen molar-refractivity contribution in [1.29, 1.82) is 0 Å². The van der Waals surface area contributed by atoms with Crippen LogP contribution in [-0.2, 0) is 9.53 Å². The summed E-state index contributed by atoms with van der Waals surface area (Å²) >= 11 is 6.09. The largest absolute Gasteiger partial charge is 0.442 e. The smallest absolute Gasteiger partial charge is 0.414 e. The van der Waals surface area contributed by atoms with Gasteiger partial charge in [-0.15, -0.1) is 0 Å². The quantitative estimate of drug-likeness (QED) is 0.770. The van der Waals surface area contributed by atoms with E-state index in [2.05, 4.69) is 15.8 Å². The Morgan fingerprint density at radius 3 is 3.00 bits per heavy atom. The number of amides is 2. The third-order valence-electron chi connectivity index (χ3n) is 3.57. The minimum atomic E-state index is -0.530. The SMILES string of the molecule is CC(=S)NC[C@H]1CN(c2ccc(C3=NNC(=O)CS3)c(F)c2)C(=O)O1. The Morgan fingerprint density at radius 1 is 1.56 bits per heavy atom. The van der Waals surface area contributed by atoms with Crippen LogP contribution in [0.1, 0.15) is 12.5 Å². The molecule has 10 heteroatoms. The van der Waals surface area contributed by atoms with E-state index in [9.17, 15) is 14.0 Å². The first-order chi connectivity index (χ1) is 11.9. The Balaban J connectivity index is 1.73. The lowest BCUT2D eigenvalue weighted by Gasteiger charge is -2.16. The second-order valence-corrected chi connectivity index (χ2v) is 7.03. The molecule has 2 amide bonds. The number of halogens is 1. The van der Waals surface area contributed by atoms with Crippen LogP contribution >= 0.6 is 24.0 Å². The number of hydrogen-bond donors (Lipinski definition) is 2. The van der Waals surface area contributed by atoms with E-state index in [1.807, 2.05) is 0 Å². The Bertz CT molecular complexity index is 771. The van der Waals surface area contributed by atoms with Gasteiger partial charge in [0, 0.05) is 5.56 Å². The molecular weight excluding hydrogens is 367 g/mol. The zero-order valence-corrected chi connectivity index (χ0v) is 14.9. The minimum absolute atomic E-state index is 0.187. The highest BCUT2D eigenvalue weighted by Gasteiger charge is 2.32. The topological polar surface area (TPSA) is 83.0 Å². The maximum atomic E-state index is 14.4. The van der Waals surface area contributed by atoms with Gasteiger partial charge in [0.05, 0.1) is 29.5 Å². The molecule has 3 rings (SSSR count). The van der Waals surface area contributed by atoms with Gasteiger partial charge in [-0.05, 0) is 25.1 Å². The first kappa shape index (κ1) is 17.6. The molecule has 1 atom stereocenters. The maximum Gasteiger partial charge on any atom is 0.414 e. The van der Waals surface area contributed by atoms with Crippen LogP contribution in [0, 0.1) is 5.82 Å². The van der Waals surface area contributed by atoms with E-state index in [-0.39, 0.29) is 23.3 Å². The molecule has 0 aliphatic carbocycles. The third kappa shape index (κ3) is 4.07. The number of ether oxygens (including phenoxy) is 1. The maximum absolute atomic E-state index is 14.4. The summed E-state index contributed by atoms with van der Waals surface area (Å²) in [5, 5.41) is 7.19. The van der Waals surface area contributed by atoms with Crippen LogP contribution in [0.4, 0.5) is 14.9 Å². The van der Waals surface area contributed by atoms with Crippen LogP contribution in [0.15, 0.2) is 23.3 Å². The van der Waals surface area contributed by atoms with Gasteiger partial charge in [-0.3, -0.25) is 9.69 Å². The van der Waals surface area contributed by atoms with Gasteiger partial charge in [-0.1, -0.05) is 24.0 Å². The Morgan fingerprint density at radius 2 is 2.36 bits per heavy atom. The molecule has 1 fully saturated rings. The zero-order valence-electron chi connectivity index (χ0n) is 13.2. The molecule has 7 nitrogen and oxygen atoms in total. The fraction of sp³-hybridized carbons (Fsp3) is 0.333. The van der Waals surface area contributed by atoms with Crippen LogP contribution in [-0.4, -0.2) is 47.0 Å². The average Bonchev–Trinajstić information content (AvgIpc) is 2.95. The van der Waals surface area contributed by atoms with Gasteiger partial charge in [0.25, 0.3) is 5.91 Å². The number of nitrogens with one attached hydrogen (secondary N) is 2. The van der Waals surface area contributed by atoms with Crippen molar-refractivity contribution in [1.82, 2.24) is 10.7 Å². The normalized spacial score (nSPS) is 20.0. The molecule has 2 aliphatic rings. The zero-order chi connectivity index (χ0) is 18.0. The Labute approximate surface area is 153 Å². The molecule has 0 bridgehead atoms. The molecule has 2 heterocycles. The lowest BCUT2D eigenvalue weighted by atomic mass is 10.2. The minimum Gasteiger partial charge on any atom is -0.442 e. The summed E-state index contributed by atoms with van der Waals surface area (Å²) in [7, 11) is 0. The molecular formula is C15H15FN4O3S2. The van der Waals surface area contributed by atoms with E-state index >= 15 is 0 Å². The second kappa shape index (κ2) is 7.36. The molecule has 25 heavy (non-hydrogen) atoms. The van der Waals surface area contributed by atoms with Crippen molar-refractivity contribution >= 4 is 51.7 Å². The van der Waals surface area contributed by atoms with Crippen molar-refractivity contribution < 1.29 is 18.7 Å². The van der Waals surface area contributed by atoms with E-state index in [4.69, 9.17) is 17.0 Å². The average molecular weight is 382 g/mol. The summed E-state index contributed by atoms with van der Waals surface area (Å²) in [5.74, 6) is -0.562. The number of anilines is 1. The number of rotatable bonds is 4. The van der Waals surface area contributed by atoms with Crippen LogP contribution in [0.5, 0.6) is 0 Å². The van der Waals surface area contributed by atoms with Crippen LogP contribution in [0.2, 0.25) is 0 Å². The number of benzene rings is 1. The van der Waals surface area contributed by atoms with Crippen LogP contribution in [0.3, 0.4) is 0 Å². The molecule has 0 aromatic heterocycles. The van der Waals surface area contributed by atoms with Gasteiger partial charge >= 0.3 is 6.09 Å². The first-order valence-corrected chi connectivity index (χ1v) is 8.85. The number of cyclic esters (lactones) is 1. The number of hydrazone groups is 1. The van der Waals surface area contributed by atoms with Crippen LogP contribution in [0.25, 0.3) is 0 Å². The summed E-state index contributed by atoms with van der Waals surface area (Å²) in [6.45, 7) is 2.46. The Kier molecular flexibility index (Phi) is 5.19. The van der Waals surface area contributed by atoms with Gasteiger partial charge < -0.3 is 10.1 Å². The fourth-order valence-electron chi connectivity index (χ4n) is 2.39. The molecule has 0 saturated carbocycles. The van der Waals surface area contributed by atoms with Gasteiger partial charge in [0.1, 0.15) is 17.0 Å². The number of thiocarbonyl (C=S) groups is 1. The second-order valence-electron chi connectivity index (χ2n) is 5.46. The molecule has 0 spiro atoms. The highest BCUT2D eigenvalue weighted by atomic mass is 32.2. The first-order valence-electron chi connectivity index (χ1n) is 7.46. The molecule has 0 unspecified atom stereocenters. The van der Waals surface area contributed by atoms with Crippen molar-refractivity contribution in [3.8, 4) is 0 Å². The van der Waals surface area contributed by atoms with E-state index in [1.165, 1.54) is 17.0 Å². The van der Waals surface area contributed by atoms with Crippen molar-refractivity contribution in [2.75, 3.05) is 23.7 Å². The number of carbonyl (C=O) groups is 2. The van der Waals surface area contributed by atoms with Crippen LogP contribution < -0.4 is 15.6 Å². The number of nitrogens with zero attached hydrogens (tertiary/aromatic N) is 2. The summed E-state index contributed by atoms with van der Waals surface area (Å²) in [4.78, 5) is 25.1. The molecule has 2 N–H and O–H groups in total. The molecule has 1 aromatic carbocycles. The van der Waals surface area contributed by atoms with Crippen molar-refractivity contribution in [2.45, 2.75) is 13.0 Å². The third-order valence-corrected chi connectivity index (χ3v) is 4.71. The summed E-state index contributed by atoms with van der Waals surface area (Å²) in [6.07, 6.45) is -0.890. The predicted octanol–water partition coefficient (Wildman–Crippen LogP) is 1.61. The lowest BCUT2D eigenvalue weighted by molar-refractivity contribution is -0.118. The molecule has 132 valence electrons. The fourth-order valence-corrected chi connectivity index (χ4v) is 3.24. The highest BCUT2D eigenvalue weighted by Crippen LogP contribution is 2.26. The van der Waals surface area contributed by atoms with E-state index < -0.39 is 11.9 Å². The molecule has 2 aliphatic heterocycles.